The third-order valence-electron chi connectivity index (χ3n) is 5.93. The van der Waals surface area contributed by atoms with Crippen molar-refractivity contribution >= 4 is 39.0 Å². The van der Waals surface area contributed by atoms with Gasteiger partial charge in [0.1, 0.15) is 29.6 Å². The minimum Gasteiger partial charge on any atom is -0.356 e. The molecule has 0 radical (unpaired) electrons. The number of fused-ring (bicyclic) bond motifs is 1. The molecule has 1 N–H and O–H groups in total. The van der Waals surface area contributed by atoms with E-state index in [0.29, 0.717) is 0 Å². The second-order valence-corrected chi connectivity index (χ2v) is 9.00. The average molecular weight is 434 g/mol. The van der Waals surface area contributed by atoms with E-state index in [9.17, 15) is 4.79 Å². The van der Waals surface area contributed by atoms with Gasteiger partial charge < -0.3 is 10.2 Å². The van der Waals surface area contributed by atoms with Gasteiger partial charge in [0, 0.05) is 29.6 Å². The quantitative estimate of drug-likeness (QED) is 0.527. The van der Waals surface area contributed by atoms with Crippen molar-refractivity contribution in [2.45, 2.75) is 26.7 Å². The largest absolute Gasteiger partial charge is 0.356 e. The van der Waals surface area contributed by atoms with Crippen molar-refractivity contribution in [1.82, 2.24) is 24.7 Å². The summed E-state index contributed by atoms with van der Waals surface area (Å²) < 4.78 is 1.68. The second-order valence-electron chi connectivity index (χ2n) is 7.80. The van der Waals surface area contributed by atoms with Crippen molar-refractivity contribution in [1.29, 1.82) is 0 Å². The fourth-order valence-corrected chi connectivity index (χ4v) is 5.03. The van der Waals surface area contributed by atoms with Crippen molar-refractivity contribution in [2.24, 2.45) is 5.92 Å². The Bertz CT molecular complexity index is 1210. The van der Waals surface area contributed by atoms with Crippen LogP contribution in [0.1, 0.15) is 23.3 Å². The standard InChI is InChI=1S/C22H23N7OS/c1-14-15(2)31-22-19(14)20(24-12-25-22)28-9-7-16(8-10-28)21(30)27-17-3-5-18(6-4-17)29-13-23-11-26-29/h3-6,11-13,16H,7-10H2,1-2H3,(H,27,30). The molecule has 8 nitrogen and oxygen atoms in total. The molecule has 4 heterocycles. The Kier molecular flexibility index (Phi) is 5.11. The number of anilines is 2. The zero-order chi connectivity index (χ0) is 21.4. The highest BCUT2D eigenvalue weighted by Gasteiger charge is 2.27. The monoisotopic (exact) mass is 433 g/mol. The van der Waals surface area contributed by atoms with E-state index in [2.05, 4.69) is 44.1 Å². The number of nitrogens with one attached hydrogen (secondary N) is 1. The molecule has 0 bridgehead atoms. The molecular formula is C22H23N7OS. The van der Waals surface area contributed by atoms with Gasteiger partial charge in [-0.25, -0.2) is 19.6 Å². The molecule has 1 amide bonds. The molecule has 0 aliphatic carbocycles. The molecule has 1 aliphatic heterocycles. The Morgan fingerprint density at radius 2 is 1.87 bits per heavy atom. The van der Waals surface area contributed by atoms with Crippen molar-refractivity contribution in [3.05, 3.63) is 53.7 Å². The lowest BCUT2D eigenvalue weighted by Gasteiger charge is -2.32. The molecule has 0 spiro atoms. The first-order chi connectivity index (χ1) is 15.1. The van der Waals surface area contributed by atoms with Crippen LogP contribution in [0.5, 0.6) is 0 Å². The first-order valence-corrected chi connectivity index (χ1v) is 11.1. The predicted molar refractivity (Wildman–Crippen MR) is 122 cm³/mol. The molecule has 0 atom stereocenters. The van der Waals surface area contributed by atoms with Crippen LogP contribution in [0.3, 0.4) is 0 Å². The summed E-state index contributed by atoms with van der Waals surface area (Å²) in [6, 6.07) is 7.61. The summed E-state index contributed by atoms with van der Waals surface area (Å²) >= 11 is 1.71. The number of hydrogen-bond acceptors (Lipinski definition) is 7. The molecule has 4 aromatic rings. The van der Waals surface area contributed by atoms with Gasteiger partial charge in [0.25, 0.3) is 0 Å². The van der Waals surface area contributed by atoms with Crippen LogP contribution < -0.4 is 10.2 Å². The lowest BCUT2D eigenvalue weighted by atomic mass is 9.95. The molecule has 0 saturated carbocycles. The molecular weight excluding hydrogens is 410 g/mol. The maximum Gasteiger partial charge on any atom is 0.227 e. The van der Waals surface area contributed by atoms with Gasteiger partial charge in [-0.05, 0) is 56.5 Å². The summed E-state index contributed by atoms with van der Waals surface area (Å²) in [6.07, 6.45) is 6.39. The average Bonchev–Trinajstić information content (AvgIpc) is 3.43. The first kappa shape index (κ1) is 19.6. The van der Waals surface area contributed by atoms with Crippen LogP contribution in [0.2, 0.25) is 0 Å². The Morgan fingerprint density at radius 1 is 1.10 bits per heavy atom. The van der Waals surface area contributed by atoms with Crippen molar-refractivity contribution in [2.75, 3.05) is 23.3 Å². The molecule has 5 rings (SSSR count). The van der Waals surface area contributed by atoms with Crippen LogP contribution in [-0.2, 0) is 4.79 Å². The molecule has 0 unspecified atom stereocenters. The van der Waals surface area contributed by atoms with Gasteiger partial charge in [-0.3, -0.25) is 4.79 Å². The summed E-state index contributed by atoms with van der Waals surface area (Å²) in [5.74, 6) is 1.06. The van der Waals surface area contributed by atoms with Crippen LogP contribution >= 0.6 is 11.3 Å². The number of nitrogens with zero attached hydrogens (tertiary/aromatic N) is 6. The van der Waals surface area contributed by atoms with Crippen molar-refractivity contribution in [3.63, 3.8) is 0 Å². The van der Waals surface area contributed by atoms with Crippen LogP contribution in [0.4, 0.5) is 11.5 Å². The number of piperidine rings is 1. The Morgan fingerprint density at radius 3 is 2.58 bits per heavy atom. The highest BCUT2D eigenvalue weighted by atomic mass is 32.1. The molecule has 3 aromatic heterocycles. The maximum atomic E-state index is 12.8. The van der Waals surface area contributed by atoms with E-state index < -0.39 is 0 Å². The number of thiophene rings is 1. The van der Waals surface area contributed by atoms with Crippen molar-refractivity contribution in [3.8, 4) is 5.69 Å². The summed E-state index contributed by atoms with van der Waals surface area (Å²) in [6.45, 7) is 5.88. The van der Waals surface area contributed by atoms with E-state index in [0.717, 1.165) is 53.3 Å². The Hall–Kier alpha value is -3.33. The number of rotatable bonds is 4. The van der Waals surface area contributed by atoms with Crippen LogP contribution in [0.25, 0.3) is 15.9 Å². The normalized spacial score (nSPS) is 14.8. The number of benzene rings is 1. The molecule has 1 aromatic carbocycles. The fraction of sp³-hybridized carbons (Fsp3) is 0.318. The summed E-state index contributed by atoms with van der Waals surface area (Å²) in [5.41, 5.74) is 2.95. The SMILES string of the molecule is Cc1sc2ncnc(N3CCC(C(=O)Nc4ccc(-n5cncn5)cc4)CC3)c2c1C. The lowest BCUT2D eigenvalue weighted by Crippen LogP contribution is -2.38. The number of aromatic nitrogens is 5. The second kappa shape index (κ2) is 8.07. The Labute approximate surface area is 184 Å². The zero-order valence-electron chi connectivity index (χ0n) is 17.4. The summed E-state index contributed by atoms with van der Waals surface area (Å²) in [5, 5.41) is 8.32. The van der Waals surface area contributed by atoms with Gasteiger partial charge in [-0.1, -0.05) is 0 Å². The minimum atomic E-state index is -0.00567. The number of hydrogen-bond donors (Lipinski definition) is 1. The van der Waals surface area contributed by atoms with E-state index >= 15 is 0 Å². The highest BCUT2D eigenvalue weighted by molar-refractivity contribution is 7.18. The van der Waals surface area contributed by atoms with E-state index in [-0.39, 0.29) is 11.8 Å². The molecule has 1 saturated heterocycles. The first-order valence-electron chi connectivity index (χ1n) is 10.3. The lowest BCUT2D eigenvalue weighted by molar-refractivity contribution is -0.120. The third-order valence-corrected chi connectivity index (χ3v) is 7.04. The fourth-order valence-electron chi connectivity index (χ4n) is 4.04. The van der Waals surface area contributed by atoms with Gasteiger partial charge in [0.15, 0.2) is 0 Å². The van der Waals surface area contributed by atoms with Crippen LogP contribution in [0.15, 0.2) is 43.2 Å². The molecule has 31 heavy (non-hydrogen) atoms. The van der Waals surface area contributed by atoms with E-state index in [1.165, 1.54) is 16.8 Å². The zero-order valence-corrected chi connectivity index (χ0v) is 18.3. The van der Waals surface area contributed by atoms with Gasteiger partial charge >= 0.3 is 0 Å². The van der Waals surface area contributed by atoms with Crippen molar-refractivity contribution < 1.29 is 4.79 Å². The van der Waals surface area contributed by atoms with Gasteiger partial charge in [-0.15, -0.1) is 11.3 Å². The number of amides is 1. The topological polar surface area (TPSA) is 88.8 Å². The molecule has 1 fully saturated rings. The molecule has 1 aliphatic rings. The smallest absolute Gasteiger partial charge is 0.227 e. The summed E-state index contributed by atoms with van der Waals surface area (Å²) in [7, 11) is 0. The van der Waals surface area contributed by atoms with Crippen LogP contribution in [0, 0.1) is 19.8 Å². The Balaban J connectivity index is 1.23. The third kappa shape index (κ3) is 3.76. The van der Waals surface area contributed by atoms with Gasteiger partial charge in [0.05, 0.1) is 11.1 Å². The maximum absolute atomic E-state index is 12.8. The van der Waals surface area contributed by atoms with Crippen LogP contribution in [-0.4, -0.2) is 43.7 Å². The number of aryl methyl sites for hydroxylation is 2. The van der Waals surface area contributed by atoms with E-state index in [1.54, 1.807) is 28.7 Å². The predicted octanol–water partition coefficient (Wildman–Crippen LogP) is 3.74. The van der Waals surface area contributed by atoms with Gasteiger partial charge in [-0.2, -0.15) is 5.10 Å². The summed E-state index contributed by atoms with van der Waals surface area (Å²) in [4.78, 5) is 30.4. The molecule has 9 heteroatoms. The number of carbonyl (C=O) groups excluding carboxylic acids is 1. The van der Waals surface area contributed by atoms with E-state index in [1.807, 2.05) is 24.3 Å². The molecule has 158 valence electrons. The number of carbonyl (C=O) groups is 1. The van der Waals surface area contributed by atoms with E-state index in [4.69, 9.17) is 0 Å². The minimum absolute atomic E-state index is 0.00567. The highest BCUT2D eigenvalue weighted by Crippen LogP contribution is 2.35. The van der Waals surface area contributed by atoms with Gasteiger partial charge in [0.2, 0.25) is 5.91 Å².